The van der Waals surface area contributed by atoms with Gasteiger partial charge in [-0.25, -0.2) is 4.98 Å². The molecule has 0 saturated heterocycles. The van der Waals surface area contributed by atoms with Gasteiger partial charge in [-0.15, -0.1) is 11.3 Å². The van der Waals surface area contributed by atoms with E-state index in [2.05, 4.69) is 4.98 Å². The molecule has 2 rings (SSSR count). The maximum absolute atomic E-state index is 11.0. The number of aliphatic carboxylic acids is 1. The number of carboxylic acid groups (broad SMARTS) is 1. The van der Waals surface area contributed by atoms with Gasteiger partial charge >= 0.3 is 5.97 Å². The molecule has 0 fully saturated rings. The highest BCUT2D eigenvalue weighted by Gasteiger charge is 2.20. The van der Waals surface area contributed by atoms with Gasteiger partial charge in [-0.2, -0.15) is 0 Å². The summed E-state index contributed by atoms with van der Waals surface area (Å²) in [5.41, 5.74) is 3.43. The van der Waals surface area contributed by atoms with E-state index in [0.717, 1.165) is 16.1 Å². The third-order valence-electron chi connectivity index (χ3n) is 2.41. The SMILES string of the molecule is CC(C(=O)O)c1scnc1-c1ccccc1. The van der Waals surface area contributed by atoms with Gasteiger partial charge in [0.25, 0.3) is 0 Å². The molecule has 1 atom stereocenters. The molecule has 16 heavy (non-hydrogen) atoms. The molecule has 0 aliphatic carbocycles. The Hall–Kier alpha value is -1.68. The van der Waals surface area contributed by atoms with Crippen LogP contribution in [0, 0.1) is 0 Å². The summed E-state index contributed by atoms with van der Waals surface area (Å²) in [5, 5.41) is 9.00. The van der Waals surface area contributed by atoms with E-state index in [1.165, 1.54) is 11.3 Å². The van der Waals surface area contributed by atoms with Crippen LogP contribution in [0.3, 0.4) is 0 Å². The van der Waals surface area contributed by atoms with Gasteiger partial charge in [0.05, 0.1) is 17.1 Å². The highest BCUT2D eigenvalue weighted by atomic mass is 32.1. The zero-order valence-corrected chi connectivity index (χ0v) is 9.57. The topological polar surface area (TPSA) is 50.2 Å². The maximum Gasteiger partial charge on any atom is 0.311 e. The summed E-state index contributed by atoms with van der Waals surface area (Å²) < 4.78 is 0. The van der Waals surface area contributed by atoms with Crippen LogP contribution in [0.4, 0.5) is 0 Å². The van der Waals surface area contributed by atoms with Crippen molar-refractivity contribution in [2.75, 3.05) is 0 Å². The van der Waals surface area contributed by atoms with Crippen LogP contribution >= 0.6 is 11.3 Å². The number of hydrogen-bond acceptors (Lipinski definition) is 3. The average Bonchev–Trinajstić information content (AvgIpc) is 2.77. The fourth-order valence-electron chi connectivity index (χ4n) is 1.49. The summed E-state index contributed by atoms with van der Waals surface area (Å²) in [7, 11) is 0. The minimum absolute atomic E-state index is 0.511. The number of carboxylic acids is 1. The fraction of sp³-hybridized carbons (Fsp3) is 0.167. The molecular formula is C12H11NO2S. The van der Waals surface area contributed by atoms with E-state index < -0.39 is 11.9 Å². The number of nitrogens with zero attached hydrogens (tertiary/aromatic N) is 1. The highest BCUT2D eigenvalue weighted by Crippen LogP contribution is 2.31. The molecule has 0 spiro atoms. The maximum atomic E-state index is 11.0. The van der Waals surface area contributed by atoms with Crippen LogP contribution in [0.15, 0.2) is 35.8 Å². The van der Waals surface area contributed by atoms with E-state index in [-0.39, 0.29) is 0 Å². The summed E-state index contributed by atoms with van der Waals surface area (Å²) >= 11 is 1.39. The third kappa shape index (κ3) is 1.97. The zero-order chi connectivity index (χ0) is 11.5. The normalized spacial score (nSPS) is 12.3. The Morgan fingerprint density at radius 3 is 2.69 bits per heavy atom. The number of aromatic nitrogens is 1. The summed E-state index contributed by atoms with van der Waals surface area (Å²) in [4.78, 5) is 16.0. The molecule has 1 aromatic heterocycles. The summed E-state index contributed by atoms with van der Waals surface area (Å²) in [6.07, 6.45) is 0. The monoisotopic (exact) mass is 233 g/mol. The van der Waals surface area contributed by atoms with Gasteiger partial charge in [0.2, 0.25) is 0 Å². The second-order valence-corrected chi connectivity index (χ2v) is 4.38. The lowest BCUT2D eigenvalue weighted by Gasteiger charge is -2.06. The van der Waals surface area contributed by atoms with Gasteiger partial charge in [0, 0.05) is 10.4 Å². The van der Waals surface area contributed by atoms with Crippen molar-refractivity contribution in [3.8, 4) is 11.3 Å². The molecule has 1 heterocycles. The molecule has 1 N–H and O–H groups in total. The van der Waals surface area contributed by atoms with Crippen LogP contribution in [0.25, 0.3) is 11.3 Å². The van der Waals surface area contributed by atoms with E-state index in [9.17, 15) is 4.79 Å². The number of thiazole rings is 1. The Bertz CT molecular complexity index is 493. The van der Waals surface area contributed by atoms with Crippen LogP contribution in [0.5, 0.6) is 0 Å². The van der Waals surface area contributed by atoms with E-state index in [1.54, 1.807) is 12.4 Å². The molecule has 4 heteroatoms. The van der Waals surface area contributed by atoms with Gasteiger partial charge in [0.15, 0.2) is 0 Å². The molecule has 0 amide bonds. The Morgan fingerprint density at radius 1 is 1.38 bits per heavy atom. The van der Waals surface area contributed by atoms with Crippen LogP contribution in [0.1, 0.15) is 17.7 Å². The molecule has 1 unspecified atom stereocenters. The Morgan fingerprint density at radius 2 is 2.06 bits per heavy atom. The third-order valence-corrected chi connectivity index (χ3v) is 3.42. The predicted octanol–water partition coefficient (Wildman–Crippen LogP) is 3.00. The molecule has 0 saturated carbocycles. The zero-order valence-electron chi connectivity index (χ0n) is 8.75. The molecule has 0 aliphatic heterocycles. The van der Waals surface area contributed by atoms with Crippen molar-refractivity contribution < 1.29 is 9.90 Å². The molecule has 1 aromatic carbocycles. The van der Waals surface area contributed by atoms with E-state index in [0.29, 0.717) is 0 Å². The van der Waals surface area contributed by atoms with Crippen molar-refractivity contribution in [1.82, 2.24) is 4.98 Å². The van der Waals surface area contributed by atoms with Gasteiger partial charge < -0.3 is 5.11 Å². The van der Waals surface area contributed by atoms with Crippen molar-refractivity contribution >= 4 is 17.3 Å². The van der Waals surface area contributed by atoms with Crippen LogP contribution in [-0.4, -0.2) is 16.1 Å². The second-order valence-electron chi connectivity index (χ2n) is 3.49. The lowest BCUT2D eigenvalue weighted by atomic mass is 10.0. The first-order chi connectivity index (χ1) is 7.70. The van der Waals surface area contributed by atoms with Crippen LogP contribution in [-0.2, 0) is 4.79 Å². The molecule has 0 radical (unpaired) electrons. The number of benzene rings is 1. The van der Waals surface area contributed by atoms with Crippen LogP contribution < -0.4 is 0 Å². The van der Waals surface area contributed by atoms with E-state index >= 15 is 0 Å². The van der Waals surface area contributed by atoms with E-state index in [4.69, 9.17) is 5.11 Å². The number of rotatable bonds is 3. The Balaban J connectivity index is 2.44. The quantitative estimate of drug-likeness (QED) is 0.886. The first-order valence-corrected chi connectivity index (χ1v) is 5.79. The molecule has 0 aliphatic rings. The van der Waals surface area contributed by atoms with Crippen molar-refractivity contribution in [3.63, 3.8) is 0 Å². The lowest BCUT2D eigenvalue weighted by molar-refractivity contribution is -0.138. The Labute approximate surface area is 97.4 Å². The summed E-state index contributed by atoms with van der Waals surface area (Å²) in [6.45, 7) is 1.68. The minimum atomic E-state index is -0.818. The largest absolute Gasteiger partial charge is 0.481 e. The van der Waals surface area contributed by atoms with Crippen LogP contribution in [0.2, 0.25) is 0 Å². The lowest BCUT2D eigenvalue weighted by Crippen LogP contribution is -2.06. The van der Waals surface area contributed by atoms with Crippen molar-refractivity contribution in [3.05, 3.63) is 40.7 Å². The first-order valence-electron chi connectivity index (χ1n) is 4.91. The molecule has 3 nitrogen and oxygen atoms in total. The molecule has 0 bridgehead atoms. The number of carbonyl (C=O) groups is 1. The first kappa shape index (κ1) is 10.8. The average molecular weight is 233 g/mol. The standard InChI is InChI=1S/C12H11NO2S/c1-8(12(14)15)11-10(13-7-16-11)9-5-3-2-4-6-9/h2-8H,1H3,(H,14,15). The van der Waals surface area contributed by atoms with Gasteiger partial charge in [-0.1, -0.05) is 30.3 Å². The summed E-state index contributed by atoms with van der Waals surface area (Å²) in [5.74, 6) is -1.33. The van der Waals surface area contributed by atoms with Gasteiger partial charge in [-0.3, -0.25) is 4.79 Å². The highest BCUT2D eigenvalue weighted by molar-refractivity contribution is 7.10. The minimum Gasteiger partial charge on any atom is -0.481 e. The van der Waals surface area contributed by atoms with Crippen molar-refractivity contribution in [1.29, 1.82) is 0 Å². The predicted molar refractivity (Wildman–Crippen MR) is 63.6 cm³/mol. The van der Waals surface area contributed by atoms with Gasteiger partial charge in [-0.05, 0) is 6.92 Å². The molecule has 82 valence electrons. The smallest absolute Gasteiger partial charge is 0.311 e. The fourth-order valence-corrected chi connectivity index (χ4v) is 2.35. The summed E-state index contributed by atoms with van der Waals surface area (Å²) in [6, 6.07) is 9.64. The van der Waals surface area contributed by atoms with E-state index in [1.807, 2.05) is 30.3 Å². The molecular weight excluding hydrogens is 222 g/mol. The van der Waals surface area contributed by atoms with Crippen molar-refractivity contribution in [2.45, 2.75) is 12.8 Å². The molecule has 2 aromatic rings. The number of hydrogen-bond donors (Lipinski definition) is 1. The van der Waals surface area contributed by atoms with Crippen molar-refractivity contribution in [2.24, 2.45) is 0 Å². The Kier molecular flexibility index (Phi) is 3.01. The second kappa shape index (κ2) is 4.45. The van der Waals surface area contributed by atoms with Gasteiger partial charge in [0.1, 0.15) is 0 Å².